The molecule has 3 heterocycles. The number of aliphatic hydroxyl groups excluding tert-OH is 3. The van der Waals surface area contributed by atoms with Gasteiger partial charge in [0.2, 0.25) is 0 Å². The summed E-state index contributed by atoms with van der Waals surface area (Å²) in [5.74, 6) is -4.58. The Kier molecular flexibility index (Phi) is 16.9. The first-order valence-electron chi connectivity index (χ1n) is 20.1. The van der Waals surface area contributed by atoms with Crippen molar-refractivity contribution in [3.63, 3.8) is 0 Å². The van der Waals surface area contributed by atoms with Gasteiger partial charge < -0.3 is 58.5 Å². The van der Waals surface area contributed by atoms with E-state index in [0.29, 0.717) is 12.8 Å². The predicted octanol–water partition coefficient (Wildman–Crippen LogP) is 3.39. The van der Waals surface area contributed by atoms with Crippen LogP contribution in [-0.4, -0.2) is 149 Å². The maximum atomic E-state index is 14.4. The van der Waals surface area contributed by atoms with Crippen molar-refractivity contribution < 1.29 is 63.2 Å². The Labute approximate surface area is 329 Å². The van der Waals surface area contributed by atoms with Gasteiger partial charge in [0.25, 0.3) is 0 Å². The molecule has 14 nitrogen and oxygen atoms in total. The van der Waals surface area contributed by atoms with Crippen LogP contribution in [0.5, 0.6) is 0 Å². The summed E-state index contributed by atoms with van der Waals surface area (Å²) in [4.78, 5) is 30.5. The normalized spacial score (nSPS) is 46.9. The zero-order valence-electron chi connectivity index (χ0n) is 35.6. The van der Waals surface area contributed by atoms with Crippen molar-refractivity contribution in [2.75, 3.05) is 27.8 Å². The standard InChI is InChI=1S/C41H73NO13/c1-15-17-29-41(11,48)34(45)24(5)31(43)22(3)20-40(10,50-18-16-2)36(55-38-32(44)28(42(12)13)19-23(4)51-38)25(6)33(26(7)37(47)53-29)54-30-21-39(9,49-14)35(46)27(8)52-30/h16,22-30,32-36,38,44-46,48H,2,15,17-21H2,1,3-14H3/t22-,23-,24+,25+,26-,27+,28+,29-,30+,32-,33+,34-,35+,36-,38-,39-,40-,41-/m1/s1. The number of methoxy groups -OCH3 is 1. The summed E-state index contributed by atoms with van der Waals surface area (Å²) >= 11 is 0. The predicted molar refractivity (Wildman–Crippen MR) is 205 cm³/mol. The fourth-order valence-electron chi connectivity index (χ4n) is 8.89. The molecule has 55 heavy (non-hydrogen) atoms. The molecule has 4 N–H and O–H groups in total. The number of carbonyl (C=O) groups excluding carboxylic acids is 2. The topological polar surface area (TPSA) is 183 Å². The van der Waals surface area contributed by atoms with Crippen molar-refractivity contribution in [1.29, 1.82) is 0 Å². The molecular weight excluding hydrogens is 714 g/mol. The van der Waals surface area contributed by atoms with Gasteiger partial charge >= 0.3 is 5.97 Å². The number of likely N-dealkylation sites (N-methyl/N-ethyl adjacent to an activating group) is 1. The molecule has 0 radical (unpaired) electrons. The maximum Gasteiger partial charge on any atom is 0.311 e. The Morgan fingerprint density at radius 2 is 1.56 bits per heavy atom. The lowest BCUT2D eigenvalue weighted by Gasteiger charge is -2.50. The number of hydrogen-bond donors (Lipinski definition) is 4. The number of hydrogen-bond acceptors (Lipinski definition) is 14. The minimum atomic E-state index is -1.98. The van der Waals surface area contributed by atoms with Crippen molar-refractivity contribution >= 4 is 11.8 Å². The van der Waals surface area contributed by atoms with Crippen LogP contribution >= 0.6 is 0 Å². The van der Waals surface area contributed by atoms with Crippen LogP contribution in [-0.2, 0) is 42.7 Å². The minimum Gasteiger partial charge on any atom is -0.459 e. The van der Waals surface area contributed by atoms with Crippen LogP contribution in [0.3, 0.4) is 0 Å². The van der Waals surface area contributed by atoms with E-state index in [0.717, 1.165) is 0 Å². The second-order valence-electron chi connectivity index (χ2n) is 17.4. The molecule has 3 fully saturated rings. The van der Waals surface area contributed by atoms with Gasteiger partial charge in [-0.2, -0.15) is 0 Å². The van der Waals surface area contributed by atoms with Crippen molar-refractivity contribution in [1.82, 2.24) is 4.90 Å². The van der Waals surface area contributed by atoms with Crippen molar-refractivity contribution in [3.8, 4) is 0 Å². The van der Waals surface area contributed by atoms with Crippen LogP contribution in [0, 0.1) is 23.7 Å². The molecule has 0 amide bonds. The van der Waals surface area contributed by atoms with E-state index < -0.39 is 102 Å². The smallest absolute Gasteiger partial charge is 0.311 e. The van der Waals surface area contributed by atoms with E-state index >= 15 is 0 Å². The summed E-state index contributed by atoms with van der Waals surface area (Å²) in [6.07, 6.45) is -6.81. The average molecular weight is 788 g/mol. The minimum absolute atomic E-state index is 0.0663. The van der Waals surface area contributed by atoms with Gasteiger partial charge in [-0.1, -0.05) is 40.2 Å². The van der Waals surface area contributed by atoms with Gasteiger partial charge in [0.15, 0.2) is 12.6 Å². The summed E-state index contributed by atoms with van der Waals surface area (Å²) < 4.78 is 44.6. The molecule has 0 bridgehead atoms. The molecular formula is C41H73NO13. The van der Waals surface area contributed by atoms with Crippen LogP contribution < -0.4 is 0 Å². The average Bonchev–Trinajstić information content (AvgIpc) is 3.12. The summed E-state index contributed by atoms with van der Waals surface area (Å²) in [6.45, 7) is 21.2. The highest BCUT2D eigenvalue weighted by atomic mass is 16.7. The second kappa shape index (κ2) is 19.5. The van der Waals surface area contributed by atoms with E-state index in [1.807, 2.05) is 46.7 Å². The molecule has 14 heteroatoms. The third kappa shape index (κ3) is 10.7. The number of aliphatic hydroxyl groups is 4. The molecule has 0 aromatic carbocycles. The molecule has 18 atom stereocenters. The summed E-state index contributed by atoms with van der Waals surface area (Å²) in [6, 6.07) is -0.301. The zero-order valence-corrected chi connectivity index (χ0v) is 35.6. The molecule has 0 unspecified atom stereocenters. The zero-order chi connectivity index (χ0) is 41.8. The monoisotopic (exact) mass is 788 g/mol. The number of ketones is 1. The highest BCUT2D eigenvalue weighted by Crippen LogP contribution is 2.42. The van der Waals surface area contributed by atoms with E-state index in [1.165, 1.54) is 14.0 Å². The molecule has 0 spiro atoms. The van der Waals surface area contributed by atoms with E-state index in [9.17, 15) is 30.0 Å². The molecule has 3 aliphatic rings. The van der Waals surface area contributed by atoms with E-state index in [1.54, 1.807) is 40.7 Å². The van der Waals surface area contributed by atoms with Gasteiger partial charge in [0, 0.05) is 37.3 Å². The highest BCUT2D eigenvalue weighted by Gasteiger charge is 2.54. The highest BCUT2D eigenvalue weighted by molar-refractivity contribution is 5.83. The van der Waals surface area contributed by atoms with Crippen LogP contribution in [0.4, 0.5) is 0 Å². The summed E-state index contributed by atoms with van der Waals surface area (Å²) in [5.41, 5.74) is -4.34. The molecule has 3 aliphatic heterocycles. The van der Waals surface area contributed by atoms with Crippen LogP contribution in [0.1, 0.15) is 101 Å². The SMILES string of the molecule is C=CCO[C@]1(C)C[C@@H](C)C(=O)[C@H](C)[C@@H](O)[C@](C)(O)[C@@H](CCC)OC(=O)[C@H](C)[C@@H](O[C@H]2C[C@@](C)(OC)[C@@H](O)[C@H](C)O2)[C@H](C)[C@H]1O[C@H]1O[C@H](C)C[C@H](N(C)C)[C@H]1O. The van der Waals surface area contributed by atoms with Crippen molar-refractivity contribution in [2.24, 2.45) is 23.7 Å². The van der Waals surface area contributed by atoms with Crippen molar-refractivity contribution in [3.05, 3.63) is 12.7 Å². The Morgan fingerprint density at radius 1 is 0.927 bits per heavy atom. The molecule has 0 saturated carbocycles. The van der Waals surface area contributed by atoms with E-state index in [2.05, 4.69) is 6.58 Å². The molecule has 3 rings (SSSR count). The third-order valence-electron chi connectivity index (χ3n) is 12.5. The van der Waals surface area contributed by atoms with E-state index in [4.69, 9.17) is 33.2 Å². The molecule has 0 aromatic rings. The molecule has 0 aromatic heterocycles. The van der Waals surface area contributed by atoms with Crippen LogP contribution in [0.15, 0.2) is 12.7 Å². The Balaban J connectivity index is 2.28. The summed E-state index contributed by atoms with van der Waals surface area (Å²) in [7, 11) is 5.26. The number of nitrogens with zero attached hydrogens (tertiary/aromatic N) is 1. The third-order valence-corrected chi connectivity index (χ3v) is 12.5. The molecule has 320 valence electrons. The summed E-state index contributed by atoms with van der Waals surface area (Å²) in [5, 5.41) is 46.1. The van der Waals surface area contributed by atoms with Crippen LogP contribution in [0.2, 0.25) is 0 Å². The van der Waals surface area contributed by atoms with Gasteiger partial charge in [0.1, 0.15) is 29.7 Å². The van der Waals surface area contributed by atoms with Crippen molar-refractivity contribution in [2.45, 2.75) is 186 Å². The first-order chi connectivity index (χ1) is 25.5. The number of rotatable bonds is 11. The number of Topliss-reactive ketones (excluding diaryl/α,β-unsaturated/α-hetero) is 1. The lowest BCUT2D eigenvalue weighted by atomic mass is 9.73. The van der Waals surface area contributed by atoms with Gasteiger partial charge in [-0.3, -0.25) is 9.59 Å². The largest absolute Gasteiger partial charge is 0.459 e. The lowest BCUT2D eigenvalue weighted by molar-refractivity contribution is -0.320. The Morgan fingerprint density at radius 3 is 2.13 bits per heavy atom. The van der Waals surface area contributed by atoms with Gasteiger partial charge in [-0.15, -0.1) is 6.58 Å². The van der Waals surface area contributed by atoms with Crippen LogP contribution in [0.25, 0.3) is 0 Å². The second-order valence-corrected chi connectivity index (χ2v) is 17.4. The number of carbonyl (C=O) groups is 2. The number of esters is 1. The fraction of sp³-hybridized carbons (Fsp3) is 0.902. The Hall–Kier alpha value is -1.56. The number of ether oxygens (including phenoxy) is 7. The first kappa shape index (κ1) is 47.8. The first-order valence-corrected chi connectivity index (χ1v) is 20.1. The number of cyclic esters (lactones) is 1. The maximum absolute atomic E-state index is 14.4. The Bertz CT molecular complexity index is 1270. The molecule has 0 aliphatic carbocycles. The fourth-order valence-corrected chi connectivity index (χ4v) is 8.89. The van der Waals surface area contributed by atoms with E-state index in [-0.39, 0.29) is 43.8 Å². The van der Waals surface area contributed by atoms with Gasteiger partial charge in [0.05, 0.1) is 54.2 Å². The lowest BCUT2D eigenvalue weighted by Crippen LogP contribution is -2.61. The molecule has 3 saturated heterocycles. The van der Waals surface area contributed by atoms with Gasteiger partial charge in [-0.05, 0) is 74.9 Å². The quantitative estimate of drug-likeness (QED) is 0.177. The van der Waals surface area contributed by atoms with Gasteiger partial charge in [-0.25, -0.2) is 0 Å².